The molecule has 4 aromatic heterocycles. The van der Waals surface area contributed by atoms with Crippen LogP contribution in [0.1, 0.15) is 17.7 Å². The molecule has 0 bridgehead atoms. The van der Waals surface area contributed by atoms with Crippen LogP contribution in [0.4, 0.5) is 0 Å². The van der Waals surface area contributed by atoms with Gasteiger partial charge >= 0.3 is 5.69 Å². The Bertz CT molecular complexity index is 1850. The third kappa shape index (κ3) is 4.25. The molecule has 8 nitrogen and oxygen atoms in total. The minimum atomic E-state index is -0.424. The van der Waals surface area contributed by atoms with Crippen LogP contribution in [0.2, 0.25) is 5.02 Å². The smallest absolute Gasteiger partial charge is 0.331 e. The van der Waals surface area contributed by atoms with Gasteiger partial charge in [-0.25, -0.2) is 4.79 Å². The second kappa shape index (κ2) is 9.55. The number of fused-ring (bicyclic) bond motifs is 2. The van der Waals surface area contributed by atoms with Crippen molar-refractivity contribution >= 4 is 44.1 Å². The maximum absolute atomic E-state index is 12.6. The highest BCUT2D eigenvalue weighted by molar-refractivity contribution is 7.19. The first-order valence-corrected chi connectivity index (χ1v) is 13.6. The van der Waals surface area contributed by atoms with Crippen LogP contribution in [0.3, 0.4) is 0 Å². The van der Waals surface area contributed by atoms with Crippen molar-refractivity contribution in [2.24, 2.45) is 12.5 Å². The zero-order chi connectivity index (χ0) is 26.4. The fourth-order valence-corrected chi connectivity index (χ4v) is 6.74. The van der Waals surface area contributed by atoms with Crippen molar-refractivity contribution in [3.05, 3.63) is 85.7 Å². The highest BCUT2D eigenvalue weighted by Crippen LogP contribution is 2.40. The van der Waals surface area contributed by atoms with Crippen molar-refractivity contribution in [1.29, 1.82) is 5.26 Å². The number of rotatable bonds is 5. The summed E-state index contributed by atoms with van der Waals surface area (Å²) in [5.41, 5.74) is 2.64. The summed E-state index contributed by atoms with van der Waals surface area (Å²) in [5, 5.41) is 15.1. The van der Waals surface area contributed by atoms with Crippen molar-refractivity contribution < 1.29 is 0 Å². The second-order valence-electron chi connectivity index (χ2n) is 9.90. The Labute approximate surface area is 227 Å². The minimum Gasteiger partial charge on any atom is -0.345 e. The zero-order valence-corrected chi connectivity index (χ0v) is 22.3. The van der Waals surface area contributed by atoms with E-state index in [-0.39, 0.29) is 17.8 Å². The Morgan fingerprint density at radius 2 is 1.95 bits per heavy atom. The van der Waals surface area contributed by atoms with E-state index in [2.05, 4.69) is 20.9 Å². The van der Waals surface area contributed by atoms with Gasteiger partial charge in [0.1, 0.15) is 0 Å². The quantitative estimate of drug-likeness (QED) is 0.354. The lowest BCUT2D eigenvalue weighted by molar-refractivity contribution is 0.247. The normalized spacial score (nSPS) is 15.2. The highest BCUT2D eigenvalue weighted by Gasteiger charge is 2.33. The van der Waals surface area contributed by atoms with Gasteiger partial charge in [0.15, 0.2) is 0 Å². The number of nitrogens with one attached hydrogen (secondary N) is 1. The number of nitrogens with zero attached hydrogens (tertiary/aromatic N) is 5. The lowest BCUT2D eigenvalue weighted by atomic mass is 9.80. The Balaban J connectivity index is 1.48. The van der Waals surface area contributed by atoms with Crippen LogP contribution >= 0.6 is 22.9 Å². The molecule has 0 atom stereocenters. The fraction of sp³-hybridized carbons (Fsp3) is 0.286. The molecule has 1 fully saturated rings. The number of halogens is 1. The molecule has 192 valence electrons. The van der Waals surface area contributed by atoms with E-state index in [1.54, 1.807) is 13.2 Å². The maximum atomic E-state index is 12.6. The third-order valence-electron chi connectivity index (χ3n) is 7.40. The summed E-state index contributed by atoms with van der Waals surface area (Å²) in [6.45, 7) is 2.45. The van der Waals surface area contributed by atoms with Crippen LogP contribution in [0, 0.1) is 16.7 Å². The molecule has 0 spiro atoms. The van der Waals surface area contributed by atoms with Gasteiger partial charge in [-0.1, -0.05) is 11.6 Å². The molecule has 0 unspecified atom stereocenters. The molecule has 1 saturated heterocycles. The monoisotopic (exact) mass is 544 g/mol. The van der Waals surface area contributed by atoms with Gasteiger partial charge in [0.05, 0.1) is 33.8 Å². The zero-order valence-electron chi connectivity index (χ0n) is 20.8. The maximum Gasteiger partial charge on any atom is 0.331 e. The molecule has 1 aromatic carbocycles. The summed E-state index contributed by atoms with van der Waals surface area (Å²) in [6.07, 6.45) is 6.90. The standard InChI is InChI=1S/C28H25ClN6O2S/c1-33-10-4-24(36)35(27(33)37)15-20-14-23-26(38-20)21(2-7-32-23)22-13-19(29)12-18-3-11-34(25(18)22)17-28(16-30)5-8-31-9-6-28/h2-4,7,10-14,31H,5-6,8-9,15,17H2,1H3. The van der Waals surface area contributed by atoms with Gasteiger partial charge in [0.25, 0.3) is 5.56 Å². The van der Waals surface area contributed by atoms with Crippen molar-refractivity contribution in [3.8, 4) is 17.2 Å². The van der Waals surface area contributed by atoms with Crippen molar-refractivity contribution in [2.45, 2.75) is 25.9 Å². The lowest BCUT2D eigenvalue weighted by Crippen LogP contribution is -2.38. The Kier molecular flexibility index (Phi) is 6.19. The van der Waals surface area contributed by atoms with Crippen LogP contribution in [0.25, 0.3) is 32.2 Å². The van der Waals surface area contributed by atoms with E-state index in [0.717, 1.165) is 63.1 Å². The summed E-state index contributed by atoms with van der Waals surface area (Å²) in [4.78, 5) is 30.4. The number of benzene rings is 1. The van der Waals surface area contributed by atoms with E-state index in [0.29, 0.717) is 11.6 Å². The summed E-state index contributed by atoms with van der Waals surface area (Å²) in [6, 6.07) is 13.9. The van der Waals surface area contributed by atoms with Crippen LogP contribution in [-0.4, -0.2) is 31.8 Å². The molecular weight excluding hydrogens is 520 g/mol. The summed E-state index contributed by atoms with van der Waals surface area (Å²) in [5.74, 6) is 0. The van der Waals surface area contributed by atoms with Gasteiger partial charge in [0.2, 0.25) is 0 Å². The van der Waals surface area contributed by atoms with E-state index in [4.69, 9.17) is 11.6 Å². The van der Waals surface area contributed by atoms with Gasteiger partial charge in [-0.3, -0.25) is 14.3 Å². The molecular formula is C28H25ClN6O2S. The number of hydrogen-bond donors (Lipinski definition) is 1. The molecule has 0 radical (unpaired) electrons. The van der Waals surface area contributed by atoms with Crippen LogP contribution in [-0.2, 0) is 20.1 Å². The average Bonchev–Trinajstić information content (AvgIpc) is 3.52. The van der Waals surface area contributed by atoms with Gasteiger partial charge < -0.3 is 14.5 Å². The van der Waals surface area contributed by atoms with Crippen molar-refractivity contribution in [2.75, 3.05) is 13.1 Å². The van der Waals surface area contributed by atoms with E-state index >= 15 is 0 Å². The van der Waals surface area contributed by atoms with Gasteiger partial charge in [-0.05, 0) is 56.3 Å². The van der Waals surface area contributed by atoms with Crippen molar-refractivity contribution in [3.63, 3.8) is 0 Å². The van der Waals surface area contributed by atoms with Crippen LogP contribution in [0.15, 0.2) is 64.6 Å². The molecule has 5 aromatic rings. The molecule has 0 amide bonds. The molecule has 0 aliphatic carbocycles. The first-order valence-electron chi connectivity index (χ1n) is 12.4. The number of hydrogen-bond acceptors (Lipinski definition) is 6. The molecule has 1 N–H and O–H groups in total. The van der Waals surface area contributed by atoms with E-state index < -0.39 is 5.41 Å². The van der Waals surface area contributed by atoms with E-state index in [9.17, 15) is 14.9 Å². The molecule has 38 heavy (non-hydrogen) atoms. The van der Waals surface area contributed by atoms with Gasteiger partial charge in [0, 0.05) is 64.7 Å². The topological polar surface area (TPSA) is 97.6 Å². The second-order valence-corrected chi connectivity index (χ2v) is 11.5. The summed E-state index contributed by atoms with van der Waals surface area (Å²) in [7, 11) is 1.63. The molecule has 5 heterocycles. The first kappa shape index (κ1) is 24.6. The third-order valence-corrected chi connectivity index (χ3v) is 8.76. The number of aromatic nitrogens is 4. The average molecular weight is 545 g/mol. The fourth-order valence-electron chi connectivity index (χ4n) is 5.38. The van der Waals surface area contributed by atoms with Gasteiger partial charge in [-0.2, -0.15) is 5.26 Å². The SMILES string of the molecule is Cn1ccc(=O)n(Cc2cc3nccc(-c4cc(Cl)cc5ccn(CC6(C#N)CCNCC6)c45)c3s2)c1=O. The predicted octanol–water partition coefficient (Wildman–Crippen LogP) is 4.37. The summed E-state index contributed by atoms with van der Waals surface area (Å²) >= 11 is 8.10. The van der Waals surface area contributed by atoms with Gasteiger partial charge in [-0.15, -0.1) is 11.3 Å². The predicted molar refractivity (Wildman–Crippen MR) is 151 cm³/mol. The minimum absolute atomic E-state index is 0.173. The molecule has 1 aliphatic rings. The highest BCUT2D eigenvalue weighted by atomic mass is 35.5. The summed E-state index contributed by atoms with van der Waals surface area (Å²) < 4.78 is 5.76. The van der Waals surface area contributed by atoms with E-state index in [1.165, 1.54) is 32.7 Å². The number of piperidine rings is 1. The molecule has 10 heteroatoms. The van der Waals surface area contributed by atoms with Crippen molar-refractivity contribution in [1.82, 2.24) is 24.0 Å². The number of aryl methyl sites for hydroxylation is 1. The Morgan fingerprint density at radius 3 is 2.74 bits per heavy atom. The number of thiophene rings is 1. The molecule has 0 saturated carbocycles. The number of pyridine rings is 1. The van der Waals surface area contributed by atoms with Crippen LogP contribution < -0.4 is 16.6 Å². The largest absolute Gasteiger partial charge is 0.345 e. The Morgan fingerprint density at radius 1 is 1.13 bits per heavy atom. The Hall–Kier alpha value is -3.71. The van der Waals surface area contributed by atoms with Crippen LogP contribution in [0.5, 0.6) is 0 Å². The van der Waals surface area contributed by atoms with E-state index in [1.807, 2.05) is 36.5 Å². The molecule has 1 aliphatic heterocycles. The first-order chi connectivity index (χ1) is 18.4. The lowest BCUT2D eigenvalue weighted by Gasteiger charge is -2.32. The number of nitriles is 1. The molecule has 6 rings (SSSR count).